The second-order valence-corrected chi connectivity index (χ2v) is 2.97. The van der Waals surface area contributed by atoms with Crippen LogP contribution in [0.4, 0.5) is 4.39 Å². The molecule has 0 saturated carbocycles. The third-order valence-corrected chi connectivity index (χ3v) is 1.74. The first-order valence-electron chi connectivity index (χ1n) is 4.52. The SMILES string of the molecule is COCOc1ccc(C=CC(N)=O)c(F)c1. The van der Waals surface area contributed by atoms with Gasteiger partial charge in [-0.25, -0.2) is 4.39 Å². The summed E-state index contributed by atoms with van der Waals surface area (Å²) in [6, 6.07) is 4.27. The first kappa shape index (κ1) is 12.2. The Hall–Kier alpha value is -1.88. The number of amides is 1. The van der Waals surface area contributed by atoms with E-state index in [9.17, 15) is 9.18 Å². The monoisotopic (exact) mass is 225 g/mol. The summed E-state index contributed by atoms with van der Waals surface area (Å²) in [4.78, 5) is 10.5. The van der Waals surface area contributed by atoms with Crippen molar-refractivity contribution >= 4 is 12.0 Å². The Morgan fingerprint density at radius 1 is 1.56 bits per heavy atom. The molecule has 1 aromatic rings. The Labute approximate surface area is 92.5 Å². The van der Waals surface area contributed by atoms with Gasteiger partial charge in [-0.15, -0.1) is 0 Å². The molecule has 0 heterocycles. The van der Waals surface area contributed by atoms with Crippen LogP contribution in [-0.2, 0) is 9.53 Å². The van der Waals surface area contributed by atoms with Crippen LogP contribution in [0.2, 0.25) is 0 Å². The van der Waals surface area contributed by atoms with Gasteiger partial charge >= 0.3 is 0 Å². The van der Waals surface area contributed by atoms with Gasteiger partial charge in [0.25, 0.3) is 0 Å². The number of carbonyl (C=O) groups excluding carboxylic acids is 1. The van der Waals surface area contributed by atoms with Gasteiger partial charge in [-0.05, 0) is 18.2 Å². The number of nitrogens with two attached hydrogens (primary N) is 1. The smallest absolute Gasteiger partial charge is 0.241 e. The third-order valence-electron chi connectivity index (χ3n) is 1.74. The number of halogens is 1. The highest BCUT2D eigenvalue weighted by atomic mass is 19.1. The van der Waals surface area contributed by atoms with E-state index in [0.717, 1.165) is 6.08 Å². The van der Waals surface area contributed by atoms with E-state index in [1.807, 2.05) is 0 Å². The van der Waals surface area contributed by atoms with Gasteiger partial charge < -0.3 is 15.2 Å². The molecule has 0 aliphatic rings. The van der Waals surface area contributed by atoms with E-state index in [-0.39, 0.29) is 12.4 Å². The number of ether oxygens (including phenoxy) is 2. The van der Waals surface area contributed by atoms with Crippen molar-refractivity contribution in [2.24, 2.45) is 5.73 Å². The Morgan fingerprint density at radius 3 is 2.88 bits per heavy atom. The van der Waals surface area contributed by atoms with E-state index in [2.05, 4.69) is 4.74 Å². The van der Waals surface area contributed by atoms with Crippen LogP contribution in [0.3, 0.4) is 0 Å². The zero-order valence-electron chi connectivity index (χ0n) is 8.77. The number of carbonyl (C=O) groups is 1. The molecule has 0 radical (unpaired) electrons. The van der Waals surface area contributed by atoms with E-state index in [4.69, 9.17) is 10.5 Å². The van der Waals surface area contributed by atoms with Gasteiger partial charge in [0.05, 0.1) is 0 Å². The van der Waals surface area contributed by atoms with Crippen molar-refractivity contribution in [1.82, 2.24) is 0 Å². The van der Waals surface area contributed by atoms with Crippen LogP contribution < -0.4 is 10.5 Å². The molecule has 0 aliphatic carbocycles. The summed E-state index contributed by atoms with van der Waals surface area (Å²) in [5.74, 6) is -0.763. The zero-order chi connectivity index (χ0) is 12.0. The molecule has 5 heteroatoms. The second-order valence-electron chi connectivity index (χ2n) is 2.97. The standard InChI is InChI=1S/C11H12FNO3/c1-15-7-16-9-4-2-8(10(12)6-9)3-5-11(13)14/h2-6H,7H2,1H3,(H2,13,14). The number of benzene rings is 1. The Balaban J connectivity index is 2.79. The van der Waals surface area contributed by atoms with Crippen molar-refractivity contribution in [3.05, 3.63) is 35.7 Å². The molecule has 0 fully saturated rings. The molecular formula is C11H12FNO3. The number of rotatable bonds is 5. The molecule has 16 heavy (non-hydrogen) atoms. The summed E-state index contributed by atoms with van der Waals surface area (Å²) in [6.45, 7) is 0.0515. The number of hydrogen-bond donors (Lipinski definition) is 1. The van der Waals surface area contributed by atoms with Crippen LogP contribution >= 0.6 is 0 Å². The molecule has 0 bridgehead atoms. The minimum absolute atomic E-state index is 0.0515. The largest absolute Gasteiger partial charge is 0.467 e. The predicted octanol–water partition coefficient (Wildman–Crippen LogP) is 1.31. The highest BCUT2D eigenvalue weighted by Crippen LogP contribution is 2.17. The molecule has 0 aromatic heterocycles. The van der Waals surface area contributed by atoms with Crippen molar-refractivity contribution in [3.63, 3.8) is 0 Å². The molecular weight excluding hydrogens is 213 g/mol. The van der Waals surface area contributed by atoms with Crippen molar-refractivity contribution in [2.75, 3.05) is 13.9 Å². The minimum atomic E-state index is -0.626. The van der Waals surface area contributed by atoms with Crippen molar-refractivity contribution in [2.45, 2.75) is 0 Å². The topological polar surface area (TPSA) is 61.6 Å². The summed E-state index contributed by atoms with van der Waals surface area (Å²) >= 11 is 0. The van der Waals surface area contributed by atoms with Crippen LogP contribution in [0, 0.1) is 5.82 Å². The molecule has 2 N–H and O–H groups in total. The third kappa shape index (κ3) is 3.70. The van der Waals surface area contributed by atoms with Gasteiger partial charge in [-0.2, -0.15) is 0 Å². The molecule has 0 unspecified atom stereocenters. The van der Waals surface area contributed by atoms with Gasteiger partial charge in [0.1, 0.15) is 11.6 Å². The van der Waals surface area contributed by atoms with Crippen LogP contribution in [0.15, 0.2) is 24.3 Å². The molecule has 0 aliphatic heterocycles. The molecule has 0 saturated heterocycles. The number of primary amides is 1. The maximum atomic E-state index is 13.4. The van der Waals surface area contributed by atoms with Gasteiger partial charge in [-0.1, -0.05) is 0 Å². The summed E-state index contributed by atoms with van der Waals surface area (Å²) in [5, 5.41) is 0. The van der Waals surface area contributed by atoms with Crippen LogP contribution in [-0.4, -0.2) is 19.8 Å². The molecule has 1 aromatic carbocycles. The van der Waals surface area contributed by atoms with Gasteiger partial charge in [0.15, 0.2) is 6.79 Å². The lowest BCUT2D eigenvalue weighted by Crippen LogP contribution is -2.05. The van der Waals surface area contributed by atoms with Gasteiger partial charge in [0.2, 0.25) is 5.91 Å². The molecule has 0 spiro atoms. The number of hydrogen-bond acceptors (Lipinski definition) is 3. The average molecular weight is 225 g/mol. The lowest BCUT2D eigenvalue weighted by molar-refractivity contribution is -0.113. The van der Waals surface area contributed by atoms with Crippen molar-refractivity contribution in [3.8, 4) is 5.75 Å². The van der Waals surface area contributed by atoms with E-state index in [1.165, 1.54) is 25.3 Å². The molecule has 4 nitrogen and oxygen atoms in total. The molecule has 1 amide bonds. The van der Waals surface area contributed by atoms with Crippen LogP contribution in [0.5, 0.6) is 5.75 Å². The van der Waals surface area contributed by atoms with E-state index in [0.29, 0.717) is 5.75 Å². The quantitative estimate of drug-likeness (QED) is 0.607. The lowest BCUT2D eigenvalue weighted by Gasteiger charge is -2.05. The van der Waals surface area contributed by atoms with Gasteiger partial charge in [-0.3, -0.25) is 4.79 Å². The summed E-state index contributed by atoms with van der Waals surface area (Å²) in [6.07, 6.45) is 2.39. The van der Waals surface area contributed by atoms with Crippen LogP contribution in [0.1, 0.15) is 5.56 Å². The highest BCUT2D eigenvalue weighted by molar-refractivity contribution is 5.90. The normalized spacial score (nSPS) is 10.6. The fourth-order valence-electron chi connectivity index (χ4n) is 1.03. The molecule has 0 atom stereocenters. The fourth-order valence-corrected chi connectivity index (χ4v) is 1.03. The maximum absolute atomic E-state index is 13.4. The predicted molar refractivity (Wildman–Crippen MR) is 57.1 cm³/mol. The average Bonchev–Trinajstić information content (AvgIpc) is 2.24. The van der Waals surface area contributed by atoms with Crippen LogP contribution in [0.25, 0.3) is 6.08 Å². The van der Waals surface area contributed by atoms with Gasteiger partial charge in [0, 0.05) is 24.8 Å². The molecule has 1 rings (SSSR count). The highest BCUT2D eigenvalue weighted by Gasteiger charge is 2.01. The summed E-state index contributed by atoms with van der Waals surface area (Å²) in [5.41, 5.74) is 5.16. The van der Waals surface area contributed by atoms with Crippen molar-refractivity contribution < 1.29 is 18.7 Å². The number of methoxy groups -OCH3 is 1. The van der Waals surface area contributed by atoms with E-state index < -0.39 is 11.7 Å². The first-order valence-corrected chi connectivity index (χ1v) is 4.52. The summed E-state index contributed by atoms with van der Waals surface area (Å²) in [7, 11) is 1.47. The Kier molecular flexibility index (Phi) is 4.47. The summed E-state index contributed by atoms with van der Waals surface area (Å²) < 4.78 is 23.1. The van der Waals surface area contributed by atoms with E-state index >= 15 is 0 Å². The van der Waals surface area contributed by atoms with E-state index in [1.54, 1.807) is 6.07 Å². The first-order chi connectivity index (χ1) is 7.63. The maximum Gasteiger partial charge on any atom is 0.241 e. The second kappa shape index (κ2) is 5.87. The Bertz CT molecular complexity index is 404. The van der Waals surface area contributed by atoms with Crippen molar-refractivity contribution in [1.29, 1.82) is 0 Å². The zero-order valence-corrected chi connectivity index (χ0v) is 8.77. The minimum Gasteiger partial charge on any atom is -0.467 e. The molecule has 86 valence electrons. The Morgan fingerprint density at radius 2 is 2.31 bits per heavy atom. The fraction of sp³-hybridized carbons (Fsp3) is 0.182. The lowest BCUT2D eigenvalue weighted by atomic mass is 10.2.